The Kier molecular flexibility index (Phi) is 4.15. The van der Waals surface area contributed by atoms with Crippen molar-refractivity contribution in [3.8, 4) is 0 Å². The van der Waals surface area contributed by atoms with Crippen LogP contribution < -0.4 is 10.2 Å². The fourth-order valence-corrected chi connectivity index (χ4v) is 3.92. The maximum atomic E-state index is 12.2. The summed E-state index contributed by atoms with van der Waals surface area (Å²) >= 11 is 1.66. The van der Waals surface area contributed by atoms with Crippen molar-refractivity contribution in [3.63, 3.8) is 0 Å². The molecule has 2 fully saturated rings. The number of anilines is 2. The normalized spacial score (nSPS) is 21.7. The molecule has 0 saturated carbocycles. The van der Waals surface area contributed by atoms with Gasteiger partial charge in [0, 0.05) is 25.4 Å². The lowest BCUT2D eigenvalue weighted by molar-refractivity contribution is -0.119. The Morgan fingerprint density at radius 2 is 2.13 bits per heavy atom. The summed E-state index contributed by atoms with van der Waals surface area (Å²) in [5, 5.41) is 4.02. The highest BCUT2D eigenvalue weighted by atomic mass is 32.1. The van der Waals surface area contributed by atoms with Crippen LogP contribution in [0.5, 0.6) is 0 Å². The van der Waals surface area contributed by atoms with Gasteiger partial charge in [0.25, 0.3) is 0 Å². The number of nitrogens with one attached hydrogen (secondary N) is 1. The van der Waals surface area contributed by atoms with Gasteiger partial charge < -0.3 is 19.7 Å². The molecule has 122 valence electrons. The van der Waals surface area contributed by atoms with Crippen LogP contribution in [0.2, 0.25) is 0 Å². The predicted octanol–water partition coefficient (Wildman–Crippen LogP) is 2.11. The van der Waals surface area contributed by atoms with Crippen LogP contribution in [0.1, 0.15) is 6.42 Å². The predicted molar refractivity (Wildman–Crippen MR) is 90.2 cm³/mol. The number of hydrogen-bond acceptors (Lipinski definition) is 6. The van der Waals surface area contributed by atoms with E-state index in [2.05, 4.69) is 10.2 Å². The first-order valence-corrected chi connectivity index (χ1v) is 8.73. The molecule has 1 unspecified atom stereocenters. The van der Waals surface area contributed by atoms with Crippen LogP contribution in [0.3, 0.4) is 0 Å². The molecule has 1 amide bonds. The number of nitrogens with zero attached hydrogens (tertiary/aromatic N) is 2. The number of thiazole rings is 1. The molecule has 2 aliphatic heterocycles. The van der Waals surface area contributed by atoms with E-state index in [1.807, 2.05) is 18.2 Å². The summed E-state index contributed by atoms with van der Waals surface area (Å²) in [6.45, 7) is 4.46. The van der Waals surface area contributed by atoms with Gasteiger partial charge in [0.05, 0.1) is 36.0 Å². The van der Waals surface area contributed by atoms with Crippen molar-refractivity contribution in [1.29, 1.82) is 0 Å². The van der Waals surface area contributed by atoms with Crippen molar-refractivity contribution in [3.05, 3.63) is 18.2 Å². The highest BCUT2D eigenvalue weighted by Gasteiger charge is 2.23. The summed E-state index contributed by atoms with van der Waals surface area (Å²) in [6.07, 6.45) is 0.801. The molecule has 4 rings (SSSR count). The third-order valence-electron chi connectivity index (χ3n) is 4.23. The lowest BCUT2D eigenvalue weighted by Crippen LogP contribution is -2.36. The molecule has 2 aliphatic rings. The molecule has 0 radical (unpaired) electrons. The fourth-order valence-electron chi connectivity index (χ4n) is 2.87. The van der Waals surface area contributed by atoms with Crippen LogP contribution in [0.15, 0.2) is 18.2 Å². The third-order valence-corrected chi connectivity index (χ3v) is 5.31. The number of fused-ring (bicyclic) bond motifs is 1. The fraction of sp³-hybridized carbons (Fsp3) is 0.500. The molecule has 1 aromatic heterocycles. The van der Waals surface area contributed by atoms with E-state index in [-0.39, 0.29) is 11.8 Å². The topological polar surface area (TPSA) is 63.7 Å². The van der Waals surface area contributed by atoms with Gasteiger partial charge in [-0.25, -0.2) is 4.98 Å². The van der Waals surface area contributed by atoms with Crippen molar-refractivity contribution in [2.24, 2.45) is 5.92 Å². The molecule has 2 saturated heterocycles. The van der Waals surface area contributed by atoms with Crippen molar-refractivity contribution >= 4 is 38.3 Å². The van der Waals surface area contributed by atoms with E-state index in [1.165, 1.54) is 0 Å². The van der Waals surface area contributed by atoms with E-state index < -0.39 is 0 Å². The molecule has 6 nitrogen and oxygen atoms in total. The average molecular weight is 333 g/mol. The summed E-state index contributed by atoms with van der Waals surface area (Å²) in [5.41, 5.74) is 1.80. The van der Waals surface area contributed by atoms with E-state index in [0.29, 0.717) is 13.2 Å². The Bertz CT molecular complexity index is 706. The zero-order valence-electron chi connectivity index (χ0n) is 12.8. The summed E-state index contributed by atoms with van der Waals surface area (Å²) in [5.74, 6) is 0.0100. The van der Waals surface area contributed by atoms with E-state index in [0.717, 1.165) is 53.8 Å². The van der Waals surface area contributed by atoms with Crippen molar-refractivity contribution in [2.45, 2.75) is 6.42 Å². The number of hydrogen-bond donors (Lipinski definition) is 1. The minimum atomic E-state index is -0.0314. The SMILES string of the molecule is O=C(Nc1ccc2nc(N3CCOCC3)sc2c1)C1CCOC1. The number of carbonyl (C=O) groups is 1. The molecule has 3 heterocycles. The van der Waals surface area contributed by atoms with E-state index >= 15 is 0 Å². The van der Waals surface area contributed by atoms with Gasteiger partial charge in [0.15, 0.2) is 5.13 Å². The Labute approximate surface area is 138 Å². The average Bonchev–Trinajstić information content (AvgIpc) is 3.25. The van der Waals surface area contributed by atoms with Crippen LogP contribution in [-0.4, -0.2) is 50.4 Å². The number of aromatic nitrogens is 1. The largest absolute Gasteiger partial charge is 0.381 e. The van der Waals surface area contributed by atoms with Gasteiger partial charge >= 0.3 is 0 Å². The molecule has 23 heavy (non-hydrogen) atoms. The third kappa shape index (κ3) is 3.17. The first-order valence-electron chi connectivity index (χ1n) is 7.91. The minimum Gasteiger partial charge on any atom is -0.381 e. The van der Waals surface area contributed by atoms with Gasteiger partial charge in [-0.05, 0) is 24.6 Å². The quantitative estimate of drug-likeness (QED) is 0.932. The van der Waals surface area contributed by atoms with Crippen molar-refractivity contribution in [2.75, 3.05) is 49.7 Å². The summed E-state index contributed by atoms with van der Waals surface area (Å²) in [4.78, 5) is 19.1. The summed E-state index contributed by atoms with van der Waals surface area (Å²) in [7, 11) is 0. The van der Waals surface area contributed by atoms with Crippen molar-refractivity contribution < 1.29 is 14.3 Å². The number of rotatable bonds is 3. The highest BCUT2D eigenvalue weighted by molar-refractivity contribution is 7.22. The van der Waals surface area contributed by atoms with Gasteiger partial charge in [-0.1, -0.05) is 11.3 Å². The Balaban J connectivity index is 1.51. The zero-order chi connectivity index (χ0) is 15.6. The first kappa shape index (κ1) is 14.9. The zero-order valence-corrected chi connectivity index (χ0v) is 13.6. The number of amides is 1. The number of ether oxygens (including phenoxy) is 2. The van der Waals surface area contributed by atoms with Gasteiger partial charge in [0.2, 0.25) is 5.91 Å². The first-order chi connectivity index (χ1) is 11.3. The highest BCUT2D eigenvalue weighted by Crippen LogP contribution is 2.31. The second-order valence-electron chi connectivity index (χ2n) is 5.83. The number of morpholine rings is 1. The second kappa shape index (κ2) is 6.43. The smallest absolute Gasteiger partial charge is 0.229 e. The monoisotopic (exact) mass is 333 g/mol. The molecule has 1 aromatic carbocycles. The molecule has 1 N–H and O–H groups in total. The van der Waals surface area contributed by atoms with Crippen LogP contribution in [-0.2, 0) is 14.3 Å². The van der Waals surface area contributed by atoms with Crippen molar-refractivity contribution in [1.82, 2.24) is 4.98 Å². The second-order valence-corrected chi connectivity index (χ2v) is 6.84. The van der Waals surface area contributed by atoms with Crippen LogP contribution in [0.25, 0.3) is 10.2 Å². The molecule has 1 atom stereocenters. The maximum Gasteiger partial charge on any atom is 0.229 e. The van der Waals surface area contributed by atoms with E-state index in [1.54, 1.807) is 11.3 Å². The molecule has 0 spiro atoms. The molecular formula is C16H19N3O3S. The summed E-state index contributed by atoms with van der Waals surface area (Å²) in [6, 6.07) is 5.89. The van der Waals surface area contributed by atoms with E-state index in [9.17, 15) is 4.79 Å². The Morgan fingerprint density at radius 1 is 1.26 bits per heavy atom. The van der Waals surface area contributed by atoms with Crippen LogP contribution in [0.4, 0.5) is 10.8 Å². The molecule has 7 heteroatoms. The Hall–Kier alpha value is -1.70. The molecular weight excluding hydrogens is 314 g/mol. The van der Waals surface area contributed by atoms with Gasteiger partial charge in [-0.15, -0.1) is 0 Å². The summed E-state index contributed by atoms with van der Waals surface area (Å²) < 4.78 is 11.7. The van der Waals surface area contributed by atoms with Gasteiger partial charge in [-0.2, -0.15) is 0 Å². The van der Waals surface area contributed by atoms with Crippen LogP contribution in [0, 0.1) is 5.92 Å². The lowest BCUT2D eigenvalue weighted by Gasteiger charge is -2.25. The molecule has 0 aliphatic carbocycles. The minimum absolute atomic E-state index is 0.0314. The Morgan fingerprint density at radius 3 is 2.91 bits per heavy atom. The number of benzene rings is 1. The van der Waals surface area contributed by atoms with Gasteiger partial charge in [0.1, 0.15) is 0 Å². The maximum absolute atomic E-state index is 12.2. The van der Waals surface area contributed by atoms with Crippen LogP contribution >= 0.6 is 11.3 Å². The number of carbonyl (C=O) groups excluding carboxylic acids is 1. The molecule has 2 aromatic rings. The lowest BCUT2D eigenvalue weighted by atomic mass is 10.1. The standard InChI is InChI=1S/C16H19N3O3S/c20-15(11-3-6-22-10-11)17-12-1-2-13-14(9-12)23-16(18-13)19-4-7-21-8-5-19/h1-2,9,11H,3-8,10H2,(H,17,20). The molecule has 0 bridgehead atoms. The van der Waals surface area contributed by atoms with Gasteiger partial charge in [-0.3, -0.25) is 4.79 Å². The van der Waals surface area contributed by atoms with E-state index in [4.69, 9.17) is 14.5 Å².